The summed E-state index contributed by atoms with van der Waals surface area (Å²) in [5, 5.41) is 10.1. The monoisotopic (exact) mass is 431 g/mol. The predicted octanol–water partition coefficient (Wildman–Crippen LogP) is 4.56. The second-order valence-electron chi connectivity index (χ2n) is 7.38. The molecule has 0 unspecified atom stereocenters. The number of rotatable bonds is 5. The Morgan fingerprint density at radius 3 is 2.74 bits per heavy atom. The highest BCUT2D eigenvalue weighted by Gasteiger charge is 2.22. The fraction of sp³-hybridized carbons (Fsp3) is 0.217. The van der Waals surface area contributed by atoms with Gasteiger partial charge in [-0.05, 0) is 55.1 Å². The Morgan fingerprint density at radius 2 is 2.06 bits per heavy atom. The van der Waals surface area contributed by atoms with E-state index < -0.39 is 0 Å². The highest BCUT2D eigenvalue weighted by Crippen LogP contribution is 2.29. The number of nitrogens with one attached hydrogen (secondary N) is 1. The van der Waals surface area contributed by atoms with Crippen molar-refractivity contribution < 1.29 is 9.59 Å². The Kier molecular flexibility index (Phi) is 4.99. The topological polar surface area (TPSA) is 80.1 Å². The molecular weight excluding hydrogens is 410 g/mol. The Hall–Kier alpha value is -3.52. The van der Waals surface area contributed by atoms with E-state index in [0.717, 1.165) is 34.6 Å². The van der Waals surface area contributed by atoms with E-state index in [1.165, 1.54) is 0 Å². The number of anilines is 2. The number of benzene rings is 1. The van der Waals surface area contributed by atoms with Crippen LogP contribution in [0.2, 0.25) is 0 Å². The molecule has 5 rings (SSSR count). The van der Waals surface area contributed by atoms with Crippen LogP contribution in [0.5, 0.6) is 0 Å². The summed E-state index contributed by atoms with van der Waals surface area (Å²) in [5.74, 6) is -0.0733. The zero-order valence-electron chi connectivity index (χ0n) is 17.0. The van der Waals surface area contributed by atoms with Gasteiger partial charge in [-0.1, -0.05) is 6.07 Å². The standard InChI is InChI=1S/C23H21N5O2S/c1-2-28-22-18(14-24-28)17(13-19(26-22)20-5-4-12-31-20)23(30)25-15-7-9-16(10-8-15)27-11-3-6-21(27)29/h4-5,7-10,12-14H,2-3,6,11H2,1H3,(H,25,30). The van der Waals surface area contributed by atoms with Gasteiger partial charge in [-0.15, -0.1) is 11.3 Å². The number of nitrogens with zero attached hydrogens (tertiary/aromatic N) is 4. The highest BCUT2D eigenvalue weighted by molar-refractivity contribution is 7.13. The van der Waals surface area contributed by atoms with Gasteiger partial charge in [0, 0.05) is 30.9 Å². The van der Waals surface area contributed by atoms with Gasteiger partial charge in [0.2, 0.25) is 5.91 Å². The van der Waals surface area contributed by atoms with Crippen molar-refractivity contribution in [2.24, 2.45) is 0 Å². The SMILES string of the molecule is CCn1ncc2c(C(=O)Nc3ccc(N4CCCC4=O)cc3)cc(-c3cccs3)nc21. The first-order valence-corrected chi connectivity index (χ1v) is 11.1. The molecule has 4 aromatic rings. The maximum atomic E-state index is 13.2. The fourth-order valence-corrected chi connectivity index (χ4v) is 4.55. The second kappa shape index (κ2) is 7.96. The number of fused-ring (bicyclic) bond motifs is 1. The molecule has 1 aliphatic heterocycles. The molecule has 0 radical (unpaired) electrons. The van der Waals surface area contributed by atoms with Gasteiger partial charge in [0.1, 0.15) is 0 Å². The first-order chi connectivity index (χ1) is 15.1. The smallest absolute Gasteiger partial charge is 0.256 e. The maximum absolute atomic E-state index is 13.2. The van der Waals surface area contributed by atoms with Gasteiger partial charge in [-0.2, -0.15) is 5.10 Å². The summed E-state index contributed by atoms with van der Waals surface area (Å²) in [7, 11) is 0. The molecule has 0 saturated carbocycles. The van der Waals surface area contributed by atoms with Crippen molar-refractivity contribution in [3.05, 3.63) is 59.6 Å². The summed E-state index contributed by atoms with van der Waals surface area (Å²) < 4.78 is 1.80. The van der Waals surface area contributed by atoms with E-state index in [2.05, 4.69) is 10.4 Å². The molecular formula is C23H21N5O2S. The number of hydrogen-bond donors (Lipinski definition) is 1. The van der Waals surface area contributed by atoms with Gasteiger partial charge in [-0.3, -0.25) is 9.59 Å². The number of aromatic nitrogens is 3. The minimum Gasteiger partial charge on any atom is -0.322 e. The lowest BCUT2D eigenvalue weighted by molar-refractivity contribution is -0.117. The number of carbonyl (C=O) groups is 2. The second-order valence-corrected chi connectivity index (χ2v) is 8.33. The first-order valence-electron chi connectivity index (χ1n) is 10.3. The van der Waals surface area contributed by atoms with E-state index in [4.69, 9.17) is 4.98 Å². The average molecular weight is 432 g/mol. The van der Waals surface area contributed by atoms with Crippen LogP contribution >= 0.6 is 11.3 Å². The maximum Gasteiger partial charge on any atom is 0.256 e. The molecule has 31 heavy (non-hydrogen) atoms. The minimum absolute atomic E-state index is 0.144. The highest BCUT2D eigenvalue weighted by atomic mass is 32.1. The molecule has 0 atom stereocenters. The lowest BCUT2D eigenvalue weighted by Crippen LogP contribution is -2.23. The summed E-state index contributed by atoms with van der Waals surface area (Å²) >= 11 is 1.58. The molecule has 1 aromatic carbocycles. The number of aryl methyl sites for hydroxylation is 1. The third-order valence-electron chi connectivity index (χ3n) is 5.44. The Balaban J connectivity index is 1.46. The molecule has 156 valence electrons. The fourth-order valence-electron chi connectivity index (χ4n) is 3.86. The van der Waals surface area contributed by atoms with Crippen LogP contribution in [0, 0.1) is 0 Å². The Labute approximate surface area is 183 Å². The molecule has 1 N–H and O–H groups in total. The molecule has 0 spiro atoms. The third-order valence-corrected chi connectivity index (χ3v) is 6.33. The quantitative estimate of drug-likeness (QED) is 0.502. The van der Waals surface area contributed by atoms with Crippen LogP contribution in [0.1, 0.15) is 30.1 Å². The molecule has 2 amide bonds. The van der Waals surface area contributed by atoms with Crippen molar-refractivity contribution in [2.45, 2.75) is 26.3 Å². The first kappa shape index (κ1) is 19.4. The van der Waals surface area contributed by atoms with Crippen molar-refractivity contribution in [1.29, 1.82) is 0 Å². The molecule has 4 heterocycles. The van der Waals surface area contributed by atoms with E-state index in [1.54, 1.807) is 27.1 Å². The number of amides is 2. The van der Waals surface area contributed by atoms with E-state index in [9.17, 15) is 9.59 Å². The van der Waals surface area contributed by atoms with E-state index in [1.807, 2.05) is 54.8 Å². The Morgan fingerprint density at radius 1 is 1.23 bits per heavy atom. The zero-order chi connectivity index (χ0) is 21.4. The van der Waals surface area contributed by atoms with Crippen molar-refractivity contribution in [1.82, 2.24) is 14.8 Å². The summed E-state index contributed by atoms with van der Waals surface area (Å²) in [6.45, 7) is 3.41. The van der Waals surface area contributed by atoms with Crippen LogP contribution in [0.25, 0.3) is 21.6 Å². The van der Waals surface area contributed by atoms with Gasteiger partial charge in [-0.25, -0.2) is 9.67 Å². The van der Waals surface area contributed by atoms with Crippen molar-refractivity contribution in [3.8, 4) is 10.6 Å². The van der Waals surface area contributed by atoms with Crippen LogP contribution in [0.4, 0.5) is 11.4 Å². The summed E-state index contributed by atoms with van der Waals surface area (Å²) in [6, 6.07) is 13.2. The van der Waals surface area contributed by atoms with Crippen LogP contribution in [0.3, 0.4) is 0 Å². The molecule has 8 heteroatoms. The molecule has 0 aliphatic carbocycles. The molecule has 7 nitrogen and oxygen atoms in total. The molecule has 1 saturated heterocycles. The summed E-state index contributed by atoms with van der Waals surface area (Å²) in [5.41, 5.74) is 3.51. The van der Waals surface area contributed by atoms with Crippen LogP contribution in [-0.2, 0) is 11.3 Å². The minimum atomic E-state index is -0.217. The lowest BCUT2D eigenvalue weighted by Gasteiger charge is -2.16. The van der Waals surface area contributed by atoms with Crippen LogP contribution in [0.15, 0.2) is 54.0 Å². The predicted molar refractivity (Wildman–Crippen MR) is 122 cm³/mol. The van der Waals surface area contributed by atoms with E-state index in [-0.39, 0.29) is 11.8 Å². The summed E-state index contributed by atoms with van der Waals surface area (Å²) in [4.78, 5) is 32.7. The molecule has 3 aromatic heterocycles. The number of pyridine rings is 1. The third kappa shape index (κ3) is 3.59. The largest absolute Gasteiger partial charge is 0.322 e. The number of thiophene rings is 1. The normalized spacial score (nSPS) is 13.8. The van der Waals surface area contributed by atoms with E-state index >= 15 is 0 Å². The van der Waals surface area contributed by atoms with Gasteiger partial charge in [0.25, 0.3) is 5.91 Å². The number of carbonyl (C=O) groups excluding carboxylic acids is 2. The molecule has 1 aliphatic rings. The van der Waals surface area contributed by atoms with Crippen molar-refractivity contribution in [3.63, 3.8) is 0 Å². The van der Waals surface area contributed by atoms with Crippen molar-refractivity contribution >= 4 is 45.6 Å². The van der Waals surface area contributed by atoms with Gasteiger partial charge in [0.15, 0.2) is 5.65 Å². The molecule has 0 bridgehead atoms. The van der Waals surface area contributed by atoms with Gasteiger partial charge < -0.3 is 10.2 Å². The van der Waals surface area contributed by atoms with Gasteiger partial charge >= 0.3 is 0 Å². The van der Waals surface area contributed by atoms with Crippen LogP contribution in [-0.4, -0.2) is 33.1 Å². The van der Waals surface area contributed by atoms with Crippen LogP contribution < -0.4 is 10.2 Å². The molecule has 1 fully saturated rings. The lowest BCUT2D eigenvalue weighted by atomic mass is 10.1. The van der Waals surface area contributed by atoms with Crippen molar-refractivity contribution in [2.75, 3.05) is 16.8 Å². The summed E-state index contributed by atoms with van der Waals surface area (Å²) in [6.07, 6.45) is 3.17. The Bertz CT molecular complexity index is 1260. The van der Waals surface area contributed by atoms with Gasteiger partial charge in [0.05, 0.1) is 27.7 Å². The van der Waals surface area contributed by atoms with E-state index in [0.29, 0.717) is 29.9 Å². The average Bonchev–Trinajstić information content (AvgIpc) is 3.54. The zero-order valence-corrected chi connectivity index (χ0v) is 17.9. The number of hydrogen-bond acceptors (Lipinski definition) is 5.